The number of nitrogens with zero attached hydrogens (tertiary/aromatic N) is 2. The maximum atomic E-state index is 13.3. The maximum absolute atomic E-state index is 13.3. The fourth-order valence-corrected chi connectivity index (χ4v) is 3.73. The minimum Gasteiger partial charge on any atom is -0.495 e. The summed E-state index contributed by atoms with van der Waals surface area (Å²) in [5.41, 5.74) is 1.88. The van der Waals surface area contributed by atoms with Crippen molar-refractivity contribution in [2.75, 3.05) is 18.2 Å². The van der Waals surface area contributed by atoms with Crippen molar-refractivity contribution in [2.45, 2.75) is 18.9 Å². The number of amides is 1. The van der Waals surface area contributed by atoms with Gasteiger partial charge in [-0.05, 0) is 38.1 Å². The van der Waals surface area contributed by atoms with Crippen molar-refractivity contribution in [1.29, 1.82) is 5.26 Å². The Morgan fingerprint density at radius 1 is 1.30 bits per heavy atom. The van der Waals surface area contributed by atoms with Crippen molar-refractivity contribution < 1.29 is 13.9 Å². The smallest absolute Gasteiger partial charge is 0.258 e. The first kappa shape index (κ1) is 21.0. The zero-order valence-corrected chi connectivity index (χ0v) is 17.6. The zero-order chi connectivity index (χ0) is 21.7. The van der Waals surface area contributed by atoms with E-state index in [1.807, 2.05) is 6.07 Å². The predicted molar refractivity (Wildman–Crippen MR) is 117 cm³/mol. The van der Waals surface area contributed by atoms with Crippen LogP contribution in [0.5, 0.6) is 5.75 Å². The third-order valence-electron chi connectivity index (χ3n) is 4.32. The molecule has 3 aromatic rings. The lowest BCUT2D eigenvalue weighted by atomic mass is 9.99. The Morgan fingerprint density at radius 2 is 2.07 bits per heavy atom. The molecule has 3 rings (SSSR count). The number of para-hydroxylation sites is 2. The molecule has 0 saturated heterocycles. The number of nitriles is 1. The van der Waals surface area contributed by atoms with Crippen LogP contribution in [-0.4, -0.2) is 23.8 Å². The second-order valence-electron chi connectivity index (χ2n) is 6.30. The Hall–Kier alpha value is -3.68. The summed E-state index contributed by atoms with van der Waals surface area (Å²) >= 11 is 1.27. The molecule has 2 aromatic heterocycles. The lowest BCUT2D eigenvalue weighted by Gasteiger charge is -2.16. The quantitative estimate of drug-likeness (QED) is 0.457. The Labute approximate surface area is 179 Å². The number of aromatic nitrogens is 1. The van der Waals surface area contributed by atoms with Crippen LogP contribution in [0.25, 0.3) is 11.3 Å². The third-order valence-corrected chi connectivity index (χ3v) is 5.20. The molecule has 30 heavy (non-hydrogen) atoms. The molecule has 0 aliphatic rings. The molecule has 150 valence electrons. The second kappa shape index (κ2) is 9.21. The first-order valence-electron chi connectivity index (χ1n) is 9.02. The number of hydrogen-bond donors (Lipinski definition) is 1. The second-order valence-corrected chi connectivity index (χ2v) is 7.26. The fourth-order valence-electron chi connectivity index (χ4n) is 3.02. The molecule has 7 heteroatoms. The van der Waals surface area contributed by atoms with Crippen molar-refractivity contribution in [2.24, 2.45) is 0 Å². The molecule has 0 radical (unpaired) electrons. The summed E-state index contributed by atoms with van der Waals surface area (Å²) in [5, 5.41) is 13.2. The van der Waals surface area contributed by atoms with E-state index in [-0.39, 0.29) is 11.1 Å². The van der Waals surface area contributed by atoms with Crippen LogP contribution in [0.15, 0.2) is 45.8 Å². The number of furan rings is 1. The molecular weight excluding hydrogens is 398 g/mol. The van der Waals surface area contributed by atoms with Gasteiger partial charge in [-0.15, -0.1) is 6.42 Å². The van der Waals surface area contributed by atoms with Crippen LogP contribution in [0.4, 0.5) is 5.69 Å². The average Bonchev–Trinajstić information content (AvgIpc) is 3.17. The molecular formula is C23H19N3O3S. The van der Waals surface area contributed by atoms with Gasteiger partial charge in [0.05, 0.1) is 40.9 Å². The topological polar surface area (TPSA) is 88.2 Å². The van der Waals surface area contributed by atoms with Crippen LogP contribution in [0.3, 0.4) is 0 Å². The Balaban J connectivity index is 2.19. The van der Waals surface area contributed by atoms with Crippen LogP contribution in [0, 0.1) is 37.5 Å². The van der Waals surface area contributed by atoms with Gasteiger partial charge in [0.15, 0.2) is 0 Å². The number of benzene rings is 1. The largest absolute Gasteiger partial charge is 0.495 e. The molecule has 0 aliphatic carbocycles. The van der Waals surface area contributed by atoms with Crippen LogP contribution in [-0.2, 0) is 0 Å². The van der Waals surface area contributed by atoms with Crippen molar-refractivity contribution in [3.8, 4) is 35.5 Å². The Bertz CT molecular complexity index is 1190. The number of methoxy groups -OCH3 is 1. The molecule has 0 atom stereocenters. The molecule has 0 unspecified atom stereocenters. The maximum Gasteiger partial charge on any atom is 0.258 e. The van der Waals surface area contributed by atoms with E-state index in [0.717, 1.165) is 0 Å². The molecule has 0 spiro atoms. The van der Waals surface area contributed by atoms with E-state index in [0.29, 0.717) is 45.0 Å². The number of aryl methyl sites for hydroxylation is 2. The molecule has 0 saturated carbocycles. The van der Waals surface area contributed by atoms with Crippen LogP contribution in [0.2, 0.25) is 0 Å². The van der Waals surface area contributed by atoms with Gasteiger partial charge in [0.1, 0.15) is 28.4 Å². The lowest BCUT2D eigenvalue weighted by Crippen LogP contribution is -2.17. The van der Waals surface area contributed by atoms with Gasteiger partial charge in [-0.25, -0.2) is 4.98 Å². The standard InChI is InChI=1S/C23H19N3O3S/c1-5-12-30-23-16(13-24)21(19-11-10-14(2)29-19)20(15(3)25-23)22(27)26-17-8-6-7-9-18(17)28-4/h1,6-11H,12H2,2-4H3,(H,26,27). The van der Waals surface area contributed by atoms with Crippen molar-refractivity contribution in [3.05, 3.63) is 59.0 Å². The van der Waals surface area contributed by atoms with Gasteiger partial charge in [0, 0.05) is 0 Å². The van der Waals surface area contributed by atoms with Gasteiger partial charge in [0.25, 0.3) is 5.91 Å². The number of rotatable bonds is 6. The summed E-state index contributed by atoms with van der Waals surface area (Å²) < 4.78 is 11.1. The normalized spacial score (nSPS) is 10.2. The van der Waals surface area contributed by atoms with Crippen LogP contribution < -0.4 is 10.1 Å². The molecule has 1 amide bonds. The van der Waals surface area contributed by atoms with Gasteiger partial charge in [-0.1, -0.05) is 29.8 Å². The van der Waals surface area contributed by atoms with Crippen molar-refractivity contribution >= 4 is 23.4 Å². The summed E-state index contributed by atoms with van der Waals surface area (Å²) in [6.07, 6.45) is 5.37. The molecule has 6 nitrogen and oxygen atoms in total. The summed E-state index contributed by atoms with van der Waals surface area (Å²) in [4.78, 5) is 17.8. The number of hydrogen-bond acceptors (Lipinski definition) is 6. The van der Waals surface area contributed by atoms with Gasteiger partial charge in [-0.2, -0.15) is 5.26 Å². The molecule has 1 aromatic carbocycles. The average molecular weight is 417 g/mol. The molecule has 0 fully saturated rings. The highest BCUT2D eigenvalue weighted by atomic mass is 32.2. The van der Waals surface area contributed by atoms with Crippen LogP contribution in [0.1, 0.15) is 27.4 Å². The van der Waals surface area contributed by atoms with Gasteiger partial charge in [-0.3, -0.25) is 4.79 Å². The molecule has 0 aliphatic heterocycles. The van der Waals surface area contributed by atoms with Gasteiger partial charge < -0.3 is 14.5 Å². The molecule has 1 N–H and O–H groups in total. The van der Waals surface area contributed by atoms with E-state index in [9.17, 15) is 10.1 Å². The summed E-state index contributed by atoms with van der Waals surface area (Å²) in [6, 6.07) is 12.8. The van der Waals surface area contributed by atoms with Gasteiger partial charge in [0.2, 0.25) is 0 Å². The van der Waals surface area contributed by atoms with Crippen LogP contribution >= 0.6 is 11.8 Å². The minimum atomic E-state index is -0.418. The highest BCUT2D eigenvalue weighted by molar-refractivity contribution is 7.99. The van der Waals surface area contributed by atoms with E-state index in [1.165, 1.54) is 18.9 Å². The zero-order valence-electron chi connectivity index (χ0n) is 16.8. The number of carbonyl (C=O) groups is 1. The number of thioether (sulfide) groups is 1. The first-order valence-corrected chi connectivity index (χ1v) is 10.0. The summed E-state index contributed by atoms with van der Waals surface area (Å²) in [6.45, 7) is 3.52. The van der Waals surface area contributed by atoms with Crippen molar-refractivity contribution in [1.82, 2.24) is 4.98 Å². The third kappa shape index (κ3) is 4.17. The first-order chi connectivity index (χ1) is 14.5. The number of nitrogens with one attached hydrogen (secondary N) is 1. The predicted octanol–water partition coefficient (Wildman–Crippen LogP) is 4.82. The number of ether oxygens (including phenoxy) is 1. The molecule has 2 heterocycles. The summed E-state index contributed by atoms with van der Waals surface area (Å²) in [5.74, 6) is 4.07. The number of pyridine rings is 1. The van der Waals surface area contributed by atoms with E-state index in [1.54, 1.807) is 44.2 Å². The number of carbonyl (C=O) groups excluding carboxylic acids is 1. The Kier molecular flexibility index (Phi) is 6.46. The van der Waals surface area contributed by atoms with Gasteiger partial charge >= 0.3 is 0 Å². The number of anilines is 1. The summed E-state index contributed by atoms with van der Waals surface area (Å²) in [7, 11) is 1.53. The lowest BCUT2D eigenvalue weighted by molar-refractivity contribution is 0.102. The highest BCUT2D eigenvalue weighted by Gasteiger charge is 2.26. The Morgan fingerprint density at radius 3 is 2.70 bits per heavy atom. The number of terminal acetylenes is 1. The SMILES string of the molecule is C#CCSc1nc(C)c(C(=O)Nc2ccccc2OC)c(-c2ccc(C)o2)c1C#N. The monoisotopic (exact) mass is 417 g/mol. The fraction of sp³-hybridized carbons (Fsp3) is 0.174. The highest BCUT2D eigenvalue weighted by Crippen LogP contribution is 2.36. The van der Waals surface area contributed by atoms with E-state index < -0.39 is 5.91 Å². The van der Waals surface area contributed by atoms with E-state index in [2.05, 4.69) is 22.3 Å². The molecule has 0 bridgehead atoms. The minimum absolute atomic E-state index is 0.250. The van der Waals surface area contributed by atoms with Crippen molar-refractivity contribution in [3.63, 3.8) is 0 Å². The van der Waals surface area contributed by atoms with E-state index >= 15 is 0 Å². The van der Waals surface area contributed by atoms with E-state index in [4.69, 9.17) is 15.6 Å².